The molecule has 4 nitrogen and oxygen atoms in total. The third-order valence-corrected chi connectivity index (χ3v) is 4.35. The summed E-state index contributed by atoms with van der Waals surface area (Å²) in [5.41, 5.74) is 0. The summed E-state index contributed by atoms with van der Waals surface area (Å²) in [7, 11) is 0. The highest BCUT2D eigenvalue weighted by Gasteiger charge is 2.31. The van der Waals surface area contributed by atoms with E-state index in [2.05, 4.69) is 6.92 Å². The Hall–Kier alpha value is -0.320. The third-order valence-electron chi connectivity index (χ3n) is 3.73. The number of carbonyl (C=O) groups excluding carboxylic acids is 1. The lowest BCUT2D eigenvalue weighted by atomic mass is 9.99. The van der Waals surface area contributed by atoms with Crippen LogP contribution in [0.3, 0.4) is 0 Å². The SMILES string of the molecule is CC1C(Cl)CC[C@@H]1COCCCCC(=O)OCCO. The molecule has 0 heterocycles. The highest BCUT2D eigenvalue weighted by Crippen LogP contribution is 2.35. The number of aliphatic hydroxyl groups excluding tert-OH is 1. The fourth-order valence-corrected chi connectivity index (χ4v) is 2.70. The molecule has 0 spiro atoms. The molecule has 0 aliphatic heterocycles. The number of rotatable bonds is 9. The molecule has 1 aliphatic rings. The first-order valence-electron chi connectivity index (χ1n) is 7.13. The molecule has 0 aromatic rings. The average Bonchev–Trinajstić information content (AvgIpc) is 2.72. The molecule has 1 N–H and O–H groups in total. The zero-order chi connectivity index (χ0) is 14.1. The van der Waals surface area contributed by atoms with E-state index < -0.39 is 0 Å². The molecule has 0 saturated heterocycles. The number of unbranched alkanes of at least 4 members (excludes halogenated alkanes) is 1. The van der Waals surface area contributed by atoms with Crippen LogP contribution in [0.1, 0.15) is 39.0 Å². The maximum Gasteiger partial charge on any atom is 0.305 e. The highest BCUT2D eigenvalue weighted by atomic mass is 35.5. The number of carbonyl (C=O) groups is 1. The number of aliphatic hydroxyl groups is 1. The first-order valence-corrected chi connectivity index (χ1v) is 7.57. The van der Waals surface area contributed by atoms with Gasteiger partial charge in [-0.25, -0.2) is 0 Å². The molecule has 1 aliphatic carbocycles. The van der Waals surface area contributed by atoms with E-state index in [0.29, 0.717) is 30.2 Å². The van der Waals surface area contributed by atoms with Crippen LogP contribution in [-0.4, -0.2) is 42.9 Å². The van der Waals surface area contributed by atoms with Gasteiger partial charge in [0, 0.05) is 25.0 Å². The third kappa shape index (κ3) is 6.59. The minimum absolute atomic E-state index is 0.0918. The van der Waals surface area contributed by atoms with Crippen LogP contribution >= 0.6 is 11.6 Å². The Bertz CT molecular complexity index is 260. The molecule has 19 heavy (non-hydrogen) atoms. The number of alkyl halides is 1. The molecule has 0 aromatic heterocycles. The van der Waals surface area contributed by atoms with Gasteiger partial charge in [0.15, 0.2) is 0 Å². The molecular formula is C14H25ClO4. The molecule has 2 unspecified atom stereocenters. The van der Waals surface area contributed by atoms with Gasteiger partial charge in [-0.15, -0.1) is 11.6 Å². The van der Waals surface area contributed by atoms with Crippen LogP contribution in [0.4, 0.5) is 0 Å². The van der Waals surface area contributed by atoms with Gasteiger partial charge >= 0.3 is 5.97 Å². The summed E-state index contributed by atoms with van der Waals surface area (Å²) < 4.78 is 10.4. The first kappa shape index (κ1) is 16.7. The van der Waals surface area contributed by atoms with Crippen molar-refractivity contribution in [3.05, 3.63) is 0 Å². The van der Waals surface area contributed by atoms with E-state index in [4.69, 9.17) is 26.2 Å². The molecule has 0 radical (unpaired) electrons. The molecule has 1 saturated carbocycles. The molecule has 0 amide bonds. The molecule has 5 heteroatoms. The largest absolute Gasteiger partial charge is 0.463 e. The van der Waals surface area contributed by atoms with Crippen LogP contribution in [0.2, 0.25) is 0 Å². The van der Waals surface area contributed by atoms with Crippen LogP contribution in [0.15, 0.2) is 0 Å². The summed E-state index contributed by atoms with van der Waals surface area (Å²) in [5.74, 6) is 0.871. The van der Waals surface area contributed by atoms with Gasteiger partial charge in [0.1, 0.15) is 6.61 Å². The van der Waals surface area contributed by atoms with Gasteiger partial charge in [0.2, 0.25) is 0 Å². The summed E-state index contributed by atoms with van der Waals surface area (Å²) in [6.45, 7) is 3.63. The van der Waals surface area contributed by atoms with E-state index in [1.54, 1.807) is 0 Å². The molecular weight excluding hydrogens is 268 g/mol. The zero-order valence-corrected chi connectivity index (χ0v) is 12.4. The number of hydrogen-bond acceptors (Lipinski definition) is 4. The highest BCUT2D eigenvalue weighted by molar-refractivity contribution is 6.20. The van der Waals surface area contributed by atoms with E-state index in [1.165, 1.54) is 0 Å². The number of hydrogen-bond donors (Lipinski definition) is 1. The van der Waals surface area contributed by atoms with E-state index in [0.717, 1.165) is 32.3 Å². The summed E-state index contributed by atoms with van der Waals surface area (Å²) in [4.78, 5) is 11.1. The van der Waals surface area contributed by atoms with Crippen molar-refractivity contribution in [3.8, 4) is 0 Å². The standard InChI is InChI=1S/C14H25ClO4/c1-11-12(5-6-13(11)15)10-18-8-3-2-4-14(17)19-9-7-16/h11-13,16H,2-10H2,1H3/t11?,12-,13?/m1/s1. The van der Waals surface area contributed by atoms with Crippen molar-refractivity contribution in [2.24, 2.45) is 11.8 Å². The minimum atomic E-state index is -0.247. The monoisotopic (exact) mass is 292 g/mol. The van der Waals surface area contributed by atoms with Gasteiger partial charge in [-0.05, 0) is 37.5 Å². The smallest absolute Gasteiger partial charge is 0.305 e. The Balaban J connectivity index is 1.93. The summed E-state index contributed by atoms with van der Waals surface area (Å²) >= 11 is 6.17. The second-order valence-corrected chi connectivity index (χ2v) is 5.75. The van der Waals surface area contributed by atoms with Gasteiger partial charge in [-0.2, -0.15) is 0 Å². The predicted octanol–water partition coefficient (Wildman–Crippen LogP) is 2.36. The van der Waals surface area contributed by atoms with Crippen LogP contribution in [0.5, 0.6) is 0 Å². The van der Waals surface area contributed by atoms with Gasteiger partial charge in [-0.1, -0.05) is 6.92 Å². The second-order valence-electron chi connectivity index (χ2n) is 5.19. The van der Waals surface area contributed by atoms with E-state index in [1.807, 2.05) is 0 Å². The summed E-state index contributed by atoms with van der Waals surface area (Å²) in [5, 5.41) is 8.79. The average molecular weight is 293 g/mol. The predicted molar refractivity (Wildman–Crippen MR) is 74.2 cm³/mol. The van der Waals surface area contributed by atoms with Crippen LogP contribution in [-0.2, 0) is 14.3 Å². The fourth-order valence-electron chi connectivity index (χ4n) is 2.37. The molecule has 0 bridgehead atoms. The first-order chi connectivity index (χ1) is 9.15. The van der Waals surface area contributed by atoms with Crippen LogP contribution in [0, 0.1) is 11.8 Å². The van der Waals surface area contributed by atoms with Crippen LogP contribution in [0.25, 0.3) is 0 Å². The lowest BCUT2D eigenvalue weighted by Gasteiger charge is -2.17. The van der Waals surface area contributed by atoms with E-state index in [-0.39, 0.29) is 19.2 Å². The summed E-state index contributed by atoms with van der Waals surface area (Å²) in [6, 6.07) is 0. The van der Waals surface area contributed by atoms with Gasteiger partial charge < -0.3 is 14.6 Å². The molecule has 1 rings (SSSR count). The Kier molecular flexibility index (Phi) is 8.42. The van der Waals surface area contributed by atoms with Gasteiger partial charge in [0.25, 0.3) is 0 Å². The van der Waals surface area contributed by atoms with Crippen molar-refractivity contribution in [3.63, 3.8) is 0 Å². The number of esters is 1. The van der Waals surface area contributed by atoms with Crippen molar-refractivity contribution >= 4 is 17.6 Å². The van der Waals surface area contributed by atoms with Gasteiger partial charge in [0.05, 0.1) is 6.61 Å². The maximum atomic E-state index is 11.1. The van der Waals surface area contributed by atoms with Crippen molar-refractivity contribution in [2.75, 3.05) is 26.4 Å². The topological polar surface area (TPSA) is 55.8 Å². The Morgan fingerprint density at radius 2 is 2.11 bits per heavy atom. The Morgan fingerprint density at radius 1 is 1.32 bits per heavy atom. The zero-order valence-electron chi connectivity index (χ0n) is 11.6. The lowest BCUT2D eigenvalue weighted by molar-refractivity contribution is -0.144. The fraction of sp³-hybridized carbons (Fsp3) is 0.929. The molecule has 112 valence electrons. The Labute approximate surface area is 120 Å². The van der Waals surface area contributed by atoms with E-state index >= 15 is 0 Å². The molecule has 1 fully saturated rings. The Morgan fingerprint density at radius 3 is 2.74 bits per heavy atom. The van der Waals surface area contributed by atoms with E-state index in [9.17, 15) is 4.79 Å². The van der Waals surface area contributed by atoms with Crippen molar-refractivity contribution in [1.29, 1.82) is 0 Å². The summed E-state index contributed by atoms with van der Waals surface area (Å²) in [6.07, 6.45) is 4.27. The molecule has 0 aromatic carbocycles. The molecule has 3 atom stereocenters. The lowest BCUT2D eigenvalue weighted by Crippen LogP contribution is -2.16. The maximum absolute atomic E-state index is 11.1. The van der Waals surface area contributed by atoms with Crippen molar-refractivity contribution in [2.45, 2.75) is 44.4 Å². The minimum Gasteiger partial charge on any atom is -0.463 e. The van der Waals surface area contributed by atoms with Crippen molar-refractivity contribution < 1.29 is 19.4 Å². The quantitative estimate of drug-likeness (QED) is 0.403. The number of ether oxygens (including phenoxy) is 2. The van der Waals surface area contributed by atoms with Crippen molar-refractivity contribution in [1.82, 2.24) is 0 Å². The normalized spacial score (nSPS) is 26.6. The van der Waals surface area contributed by atoms with Crippen LogP contribution < -0.4 is 0 Å². The number of halogens is 1. The van der Waals surface area contributed by atoms with Gasteiger partial charge in [-0.3, -0.25) is 4.79 Å². The second kappa shape index (κ2) is 9.56.